The molecule has 0 aliphatic carbocycles. The van der Waals surface area contributed by atoms with Gasteiger partial charge in [-0.25, -0.2) is 8.78 Å². The Bertz CT molecular complexity index is 453. The van der Waals surface area contributed by atoms with Crippen molar-refractivity contribution in [3.63, 3.8) is 0 Å². The summed E-state index contributed by atoms with van der Waals surface area (Å²) in [4.78, 5) is 20.5. The van der Waals surface area contributed by atoms with E-state index in [1.165, 1.54) is 0 Å². The van der Waals surface area contributed by atoms with Gasteiger partial charge in [-0.1, -0.05) is 15.9 Å². The maximum Gasteiger partial charge on any atom is 0.296 e. The van der Waals surface area contributed by atoms with Gasteiger partial charge in [-0.2, -0.15) is 0 Å². The minimum absolute atomic E-state index is 0.180. The van der Waals surface area contributed by atoms with Gasteiger partial charge < -0.3 is 5.32 Å². The van der Waals surface area contributed by atoms with Gasteiger partial charge in [-0.05, 0) is 6.07 Å². The third kappa shape index (κ3) is 2.51. The summed E-state index contributed by atoms with van der Waals surface area (Å²) < 4.78 is 26.0. The van der Waals surface area contributed by atoms with Crippen molar-refractivity contribution in [1.29, 1.82) is 0 Å². The molecule has 1 aromatic rings. The van der Waals surface area contributed by atoms with E-state index in [0.717, 1.165) is 6.07 Å². The van der Waals surface area contributed by atoms with E-state index in [9.17, 15) is 23.7 Å². The van der Waals surface area contributed by atoms with Crippen molar-refractivity contribution >= 4 is 33.2 Å². The predicted octanol–water partition coefficient (Wildman–Crippen LogP) is 2.21. The summed E-state index contributed by atoms with van der Waals surface area (Å²) in [5.74, 6) is -3.44. The first-order valence-electron chi connectivity index (χ1n) is 3.95. The van der Waals surface area contributed by atoms with E-state index in [4.69, 9.17) is 0 Å². The Morgan fingerprint density at radius 3 is 2.62 bits per heavy atom. The van der Waals surface area contributed by atoms with Crippen molar-refractivity contribution in [2.75, 3.05) is 10.6 Å². The average molecular weight is 295 g/mol. The number of alkyl halides is 1. The normalized spacial score (nSPS) is 9.94. The maximum atomic E-state index is 13.2. The number of benzene rings is 1. The standard InChI is InChI=1S/C8H5BrF2N2O3/c9-3-6(14)12-8-5(13(15)16)2-1-4(10)7(8)11/h1-2H,3H2,(H,12,14). The van der Waals surface area contributed by atoms with Crippen LogP contribution in [-0.4, -0.2) is 16.2 Å². The van der Waals surface area contributed by atoms with Crippen molar-refractivity contribution in [3.05, 3.63) is 33.9 Å². The summed E-state index contributed by atoms with van der Waals surface area (Å²) in [5.41, 5.74) is -1.47. The molecule has 1 amide bonds. The molecule has 16 heavy (non-hydrogen) atoms. The molecule has 0 atom stereocenters. The Morgan fingerprint density at radius 2 is 2.12 bits per heavy atom. The fourth-order valence-electron chi connectivity index (χ4n) is 0.984. The lowest BCUT2D eigenvalue weighted by atomic mass is 10.2. The zero-order valence-corrected chi connectivity index (χ0v) is 9.25. The van der Waals surface area contributed by atoms with Crippen LogP contribution in [0.4, 0.5) is 20.2 Å². The quantitative estimate of drug-likeness (QED) is 0.528. The summed E-state index contributed by atoms with van der Waals surface area (Å²) in [6.45, 7) is 0. The van der Waals surface area contributed by atoms with Crippen LogP contribution in [0, 0.1) is 21.7 Å². The minimum Gasteiger partial charge on any atom is -0.317 e. The SMILES string of the molecule is O=C(CBr)Nc1c([N+](=O)[O-])ccc(F)c1F. The smallest absolute Gasteiger partial charge is 0.296 e. The van der Waals surface area contributed by atoms with Crippen molar-refractivity contribution in [2.24, 2.45) is 0 Å². The number of rotatable bonds is 3. The topological polar surface area (TPSA) is 72.2 Å². The Kier molecular flexibility index (Phi) is 3.88. The molecule has 0 unspecified atom stereocenters. The molecule has 1 rings (SSSR count). The summed E-state index contributed by atoms with van der Waals surface area (Å²) in [7, 11) is 0. The van der Waals surface area contributed by atoms with Crippen molar-refractivity contribution in [1.82, 2.24) is 0 Å². The fourth-order valence-corrected chi connectivity index (χ4v) is 1.12. The maximum absolute atomic E-state index is 13.2. The first kappa shape index (κ1) is 12.5. The van der Waals surface area contributed by atoms with Gasteiger partial charge in [0, 0.05) is 6.07 Å². The van der Waals surface area contributed by atoms with Gasteiger partial charge in [-0.3, -0.25) is 14.9 Å². The Labute approximate surface area is 96.7 Å². The van der Waals surface area contributed by atoms with Crippen molar-refractivity contribution in [3.8, 4) is 0 Å². The van der Waals surface area contributed by atoms with E-state index in [1.54, 1.807) is 0 Å². The number of anilines is 1. The molecule has 0 aliphatic heterocycles. The van der Waals surface area contributed by atoms with Crippen LogP contribution in [0.1, 0.15) is 0 Å². The van der Waals surface area contributed by atoms with Crippen LogP contribution < -0.4 is 5.32 Å². The number of hydrogen-bond acceptors (Lipinski definition) is 3. The van der Waals surface area contributed by atoms with Gasteiger partial charge in [-0.15, -0.1) is 0 Å². The van der Waals surface area contributed by atoms with Gasteiger partial charge in [0.15, 0.2) is 17.3 Å². The van der Waals surface area contributed by atoms with E-state index in [2.05, 4.69) is 15.9 Å². The van der Waals surface area contributed by atoms with Crippen LogP contribution in [-0.2, 0) is 4.79 Å². The highest BCUT2D eigenvalue weighted by Crippen LogP contribution is 2.28. The molecule has 1 aromatic carbocycles. The highest BCUT2D eigenvalue weighted by Gasteiger charge is 2.22. The zero-order chi connectivity index (χ0) is 12.3. The van der Waals surface area contributed by atoms with Gasteiger partial charge in [0.1, 0.15) is 0 Å². The Balaban J connectivity index is 3.26. The molecular weight excluding hydrogens is 290 g/mol. The van der Waals surface area contributed by atoms with Crippen molar-refractivity contribution in [2.45, 2.75) is 0 Å². The van der Waals surface area contributed by atoms with Gasteiger partial charge in [0.05, 0.1) is 10.3 Å². The average Bonchev–Trinajstić information content (AvgIpc) is 2.24. The lowest BCUT2D eigenvalue weighted by molar-refractivity contribution is -0.384. The zero-order valence-electron chi connectivity index (χ0n) is 7.67. The molecule has 0 aliphatic rings. The number of hydrogen-bond donors (Lipinski definition) is 1. The first-order valence-corrected chi connectivity index (χ1v) is 5.07. The number of halogens is 3. The molecule has 0 spiro atoms. The van der Waals surface area contributed by atoms with E-state index in [-0.39, 0.29) is 5.33 Å². The number of amides is 1. The summed E-state index contributed by atoms with van der Waals surface area (Å²) in [6.07, 6.45) is 0. The molecular formula is C8H5BrF2N2O3. The molecule has 0 saturated heterocycles. The molecule has 0 fully saturated rings. The summed E-state index contributed by atoms with van der Waals surface area (Å²) >= 11 is 2.78. The van der Waals surface area contributed by atoms with Crippen molar-refractivity contribution < 1.29 is 18.5 Å². The van der Waals surface area contributed by atoms with Gasteiger partial charge in [0.25, 0.3) is 5.69 Å². The summed E-state index contributed by atoms with van der Waals surface area (Å²) in [6, 6.07) is 1.40. The number of nitro benzene ring substituents is 1. The monoisotopic (exact) mass is 294 g/mol. The number of nitro groups is 1. The molecule has 8 heteroatoms. The molecule has 0 bridgehead atoms. The molecule has 0 aromatic heterocycles. The molecule has 0 saturated carbocycles. The van der Waals surface area contributed by atoms with E-state index in [1.807, 2.05) is 5.32 Å². The van der Waals surface area contributed by atoms with Crippen LogP contribution >= 0.6 is 15.9 Å². The van der Waals surface area contributed by atoms with E-state index < -0.39 is 33.8 Å². The van der Waals surface area contributed by atoms with Crippen LogP contribution in [0.3, 0.4) is 0 Å². The van der Waals surface area contributed by atoms with Gasteiger partial charge >= 0.3 is 0 Å². The lowest BCUT2D eigenvalue weighted by Gasteiger charge is -2.05. The second-order valence-corrected chi connectivity index (χ2v) is 3.26. The largest absolute Gasteiger partial charge is 0.317 e. The second kappa shape index (κ2) is 4.97. The molecule has 86 valence electrons. The molecule has 0 heterocycles. The van der Waals surface area contributed by atoms with Gasteiger partial charge in [0.2, 0.25) is 5.91 Å². The second-order valence-electron chi connectivity index (χ2n) is 2.69. The fraction of sp³-hybridized carbons (Fsp3) is 0.125. The number of nitrogens with one attached hydrogen (secondary N) is 1. The lowest BCUT2D eigenvalue weighted by Crippen LogP contribution is -2.15. The first-order chi connectivity index (χ1) is 7.47. The third-order valence-electron chi connectivity index (χ3n) is 1.66. The Hall–Kier alpha value is -1.57. The van der Waals surface area contributed by atoms with Crippen LogP contribution in [0.2, 0.25) is 0 Å². The van der Waals surface area contributed by atoms with Crippen LogP contribution in [0.15, 0.2) is 12.1 Å². The predicted molar refractivity (Wildman–Crippen MR) is 55.4 cm³/mol. The van der Waals surface area contributed by atoms with E-state index >= 15 is 0 Å². The Morgan fingerprint density at radius 1 is 1.50 bits per heavy atom. The van der Waals surface area contributed by atoms with Crippen LogP contribution in [0.25, 0.3) is 0 Å². The highest BCUT2D eigenvalue weighted by atomic mass is 79.9. The van der Waals surface area contributed by atoms with Crippen LogP contribution in [0.5, 0.6) is 0 Å². The molecule has 0 radical (unpaired) electrons. The molecule has 5 nitrogen and oxygen atoms in total. The molecule has 1 N–H and O–H groups in total. The van der Waals surface area contributed by atoms with E-state index in [0.29, 0.717) is 6.07 Å². The minimum atomic E-state index is -1.46. The number of carbonyl (C=O) groups excluding carboxylic acids is 1. The number of nitrogens with zero attached hydrogens (tertiary/aromatic N) is 1. The number of carbonyl (C=O) groups is 1. The highest BCUT2D eigenvalue weighted by molar-refractivity contribution is 9.09. The summed E-state index contributed by atoms with van der Waals surface area (Å²) in [5, 5.41) is 12.2. The third-order valence-corrected chi connectivity index (χ3v) is 2.16.